The van der Waals surface area contributed by atoms with Gasteiger partial charge in [-0.15, -0.1) is 0 Å². The molecule has 0 fully saturated rings. The average molecular weight is 612 g/mol. The van der Waals surface area contributed by atoms with Crippen molar-refractivity contribution in [2.75, 3.05) is 11.4 Å². The molecule has 2 heterocycles. The van der Waals surface area contributed by atoms with Crippen molar-refractivity contribution in [2.45, 2.75) is 96.7 Å². The van der Waals surface area contributed by atoms with E-state index < -0.39 is 6.04 Å². The van der Waals surface area contributed by atoms with Gasteiger partial charge < -0.3 is 15.7 Å². The number of aryl methyl sites for hydroxylation is 1. The molecule has 2 amide bonds. The largest absolute Gasteiger partial charge is 0.508 e. The maximum absolute atomic E-state index is 13.2. The second-order valence-corrected chi connectivity index (χ2v) is 12.9. The highest BCUT2D eigenvalue weighted by Crippen LogP contribution is 2.31. The molecular weight excluding hydrogens is 562 g/mol. The third-order valence-electron chi connectivity index (χ3n) is 8.30. The molecule has 1 aromatic heterocycles. The Hall–Kier alpha value is -4.17. The van der Waals surface area contributed by atoms with Gasteiger partial charge in [0.1, 0.15) is 11.9 Å². The summed E-state index contributed by atoms with van der Waals surface area (Å²) in [5, 5.41) is 14.2. The second-order valence-electron chi connectivity index (χ2n) is 12.9. The topological polar surface area (TPSA) is 105 Å². The highest BCUT2D eigenvalue weighted by molar-refractivity contribution is 5.97. The maximum atomic E-state index is 13.2. The summed E-state index contributed by atoms with van der Waals surface area (Å²) >= 11 is 0. The van der Waals surface area contributed by atoms with E-state index in [4.69, 9.17) is 5.73 Å². The van der Waals surface area contributed by atoms with Crippen molar-refractivity contribution in [3.8, 4) is 5.75 Å². The van der Waals surface area contributed by atoms with Gasteiger partial charge in [0.2, 0.25) is 11.8 Å². The van der Waals surface area contributed by atoms with Crippen LogP contribution in [0.2, 0.25) is 0 Å². The van der Waals surface area contributed by atoms with Gasteiger partial charge >= 0.3 is 0 Å². The number of imide groups is 1. The van der Waals surface area contributed by atoms with E-state index in [0.717, 1.165) is 49.0 Å². The van der Waals surface area contributed by atoms with Gasteiger partial charge in [-0.05, 0) is 91.1 Å². The highest BCUT2D eigenvalue weighted by atomic mass is 16.3. The van der Waals surface area contributed by atoms with E-state index in [-0.39, 0.29) is 29.1 Å². The van der Waals surface area contributed by atoms with Crippen molar-refractivity contribution in [1.82, 2.24) is 14.7 Å². The summed E-state index contributed by atoms with van der Waals surface area (Å²) in [4.78, 5) is 30.0. The number of aromatic hydroxyl groups is 1. The molecule has 1 aliphatic heterocycles. The normalized spacial score (nSPS) is 15.3. The van der Waals surface area contributed by atoms with Gasteiger partial charge in [0.25, 0.3) is 0 Å². The molecule has 0 aliphatic carbocycles. The molecule has 8 heteroatoms. The molecule has 2 aromatic carbocycles. The fourth-order valence-electron chi connectivity index (χ4n) is 5.58. The predicted octanol–water partition coefficient (Wildman–Crippen LogP) is 6.80. The van der Waals surface area contributed by atoms with E-state index in [1.165, 1.54) is 10.5 Å². The number of allylic oxidation sites excluding steroid dienone is 2. The van der Waals surface area contributed by atoms with Crippen LogP contribution in [-0.2, 0) is 27.8 Å². The third-order valence-corrected chi connectivity index (χ3v) is 8.30. The minimum Gasteiger partial charge on any atom is -0.508 e. The lowest BCUT2D eigenvalue weighted by atomic mass is 9.87. The lowest BCUT2D eigenvalue weighted by Crippen LogP contribution is -2.48. The first-order chi connectivity index (χ1) is 21.6. The Morgan fingerprint density at radius 1 is 0.978 bits per heavy atom. The molecule has 0 saturated heterocycles. The van der Waals surface area contributed by atoms with E-state index in [2.05, 4.69) is 84.1 Å². The summed E-state index contributed by atoms with van der Waals surface area (Å²) in [6.07, 6.45) is 15.7. The third kappa shape index (κ3) is 9.17. The number of carbonyl (C=O) groups excluding carboxylic acids is 2. The van der Waals surface area contributed by atoms with Gasteiger partial charge in [-0.2, -0.15) is 5.10 Å². The number of carbonyl (C=O) groups is 2. The SMILES string of the molecule is CCCCN(C(=O)CCCCCc1ccnn1C1C=CC=CN1c1ccc(C(C)(C)C)cc1)C(=O)[C@@H](N)Cc1ccc(O)cc1. The number of phenolic OH excluding ortho intramolecular Hbond substituents is 1. The fourth-order valence-corrected chi connectivity index (χ4v) is 5.58. The Balaban J connectivity index is 1.30. The predicted molar refractivity (Wildman–Crippen MR) is 181 cm³/mol. The molecule has 0 saturated carbocycles. The summed E-state index contributed by atoms with van der Waals surface area (Å²) in [5.41, 5.74) is 10.7. The van der Waals surface area contributed by atoms with Gasteiger partial charge in [0, 0.05) is 36.7 Å². The Morgan fingerprint density at radius 3 is 2.40 bits per heavy atom. The number of nitrogens with two attached hydrogens (primary N) is 1. The number of rotatable bonds is 14. The van der Waals surface area contributed by atoms with Crippen molar-refractivity contribution < 1.29 is 14.7 Å². The number of aromatic nitrogens is 2. The van der Waals surface area contributed by atoms with Gasteiger partial charge in [-0.1, -0.05) is 70.9 Å². The number of phenols is 1. The molecule has 2 atom stereocenters. The van der Waals surface area contributed by atoms with Gasteiger partial charge in [-0.3, -0.25) is 14.5 Å². The standard InChI is InChI=1S/C37H49N5O3/c1-5-6-25-41(36(45)33(38)27-28-15-21-32(43)22-16-28)35(44)14-9-7-8-12-31-23-24-39-42(31)34-13-10-11-26-40(34)30-19-17-29(18-20-30)37(2,3)4/h10-11,13,15-24,26,33-34,43H,5-9,12,14,25,27,38H2,1-4H3/t33-,34?/m0/s1. The summed E-state index contributed by atoms with van der Waals surface area (Å²) < 4.78 is 2.07. The number of unbranched alkanes of at least 4 members (excludes halogenated alkanes) is 3. The minimum absolute atomic E-state index is 0.0639. The van der Waals surface area contributed by atoms with Crippen LogP contribution in [0.25, 0.3) is 0 Å². The number of hydrogen-bond acceptors (Lipinski definition) is 6. The molecule has 4 rings (SSSR count). The first kappa shape index (κ1) is 33.7. The summed E-state index contributed by atoms with van der Waals surface area (Å²) in [6, 6.07) is 16.6. The van der Waals surface area contributed by atoms with Crippen LogP contribution in [0.3, 0.4) is 0 Å². The van der Waals surface area contributed by atoms with Crippen molar-refractivity contribution in [3.05, 3.63) is 102 Å². The molecular formula is C37H49N5O3. The van der Waals surface area contributed by atoms with E-state index in [0.29, 0.717) is 25.8 Å². The van der Waals surface area contributed by atoms with E-state index in [9.17, 15) is 14.7 Å². The molecule has 0 bridgehead atoms. The van der Waals surface area contributed by atoms with Crippen LogP contribution >= 0.6 is 0 Å². The van der Waals surface area contributed by atoms with Crippen LogP contribution in [0.1, 0.15) is 89.2 Å². The van der Waals surface area contributed by atoms with Crippen molar-refractivity contribution in [3.63, 3.8) is 0 Å². The Labute approximate surface area is 268 Å². The first-order valence-corrected chi connectivity index (χ1v) is 16.2. The smallest absolute Gasteiger partial charge is 0.246 e. The van der Waals surface area contributed by atoms with Crippen LogP contribution in [0.4, 0.5) is 5.69 Å². The van der Waals surface area contributed by atoms with Crippen LogP contribution in [0.5, 0.6) is 5.75 Å². The molecule has 1 unspecified atom stereocenters. The second kappa shape index (κ2) is 15.7. The van der Waals surface area contributed by atoms with Gasteiger partial charge in [0.05, 0.1) is 6.04 Å². The summed E-state index contributed by atoms with van der Waals surface area (Å²) in [7, 11) is 0. The van der Waals surface area contributed by atoms with Crippen molar-refractivity contribution >= 4 is 17.5 Å². The lowest BCUT2D eigenvalue weighted by Gasteiger charge is -2.32. The summed E-state index contributed by atoms with van der Waals surface area (Å²) in [6.45, 7) is 9.09. The molecule has 0 radical (unpaired) electrons. The maximum Gasteiger partial charge on any atom is 0.246 e. The van der Waals surface area contributed by atoms with E-state index in [1.54, 1.807) is 24.3 Å². The van der Waals surface area contributed by atoms with E-state index in [1.807, 2.05) is 19.2 Å². The van der Waals surface area contributed by atoms with E-state index >= 15 is 0 Å². The minimum atomic E-state index is -0.810. The summed E-state index contributed by atoms with van der Waals surface area (Å²) in [5.74, 6) is -0.334. The monoisotopic (exact) mass is 611 g/mol. The zero-order valence-corrected chi connectivity index (χ0v) is 27.2. The average Bonchev–Trinajstić information content (AvgIpc) is 3.50. The van der Waals surface area contributed by atoms with Crippen LogP contribution in [0.15, 0.2) is 85.2 Å². The molecule has 8 nitrogen and oxygen atoms in total. The zero-order chi connectivity index (χ0) is 32.4. The quantitative estimate of drug-likeness (QED) is 0.194. The van der Waals surface area contributed by atoms with Crippen LogP contribution < -0.4 is 10.6 Å². The van der Waals surface area contributed by atoms with Crippen molar-refractivity contribution in [2.24, 2.45) is 5.73 Å². The highest BCUT2D eigenvalue weighted by Gasteiger charge is 2.26. The van der Waals surface area contributed by atoms with Gasteiger partial charge in [-0.25, -0.2) is 4.68 Å². The molecule has 45 heavy (non-hydrogen) atoms. The Morgan fingerprint density at radius 2 is 1.71 bits per heavy atom. The molecule has 240 valence electrons. The van der Waals surface area contributed by atoms with Crippen LogP contribution in [0, 0.1) is 0 Å². The number of anilines is 1. The molecule has 3 N–H and O–H groups in total. The number of nitrogens with zero attached hydrogens (tertiary/aromatic N) is 4. The van der Waals surface area contributed by atoms with Gasteiger partial charge in [0.15, 0.2) is 0 Å². The number of amides is 2. The number of benzene rings is 2. The van der Waals surface area contributed by atoms with Crippen molar-refractivity contribution in [1.29, 1.82) is 0 Å². The van der Waals surface area contributed by atoms with Crippen LogP contribution in [-0.4, -0.2) is 44.2 Å². The Bertz CT molecular complexity index is 1450. The lowest BCUT2D eigenvalue weighted by molar-refractivity contribution is -0.145. The Kier molecular flexibility index (Phi) is 11.8. The molecule has 3 aromatic rings. The first-order valence-electron chi connectivity index (χ1n) is 16.2. The molecule has 0 spiro atoms. The fraction of sp³-hybridized carbons (Fsp3) is 0.432. The number of hydrogen-bond donors (Lipinski definition) is 2. The molecule has 1 aliphatic rings. The zero-order valence-electron chi connectivity index (χ0n) is 27.2.